The zero-order valence-corrected chi connectivity index (χ0v) is 14.8. The molecule has 0 radical (unpaired) electrons. The minimum Gasteiger partial charge on any atom is -0.438 e. The van der Waals surface area contributed by atoms with Crippen LogP contribution in [0, 0.1) is 25.7 Å². The van der Waals surface area contributed by atoms with Gasteiger partial charge in [-0.2, -0.15) is 5.10 Å². The molecule has 2 fully saturated rings. The number of anilines is 1. The number of rotatable bonds is 3. The maximum Gasteiger partial charge on any atom is 0.291 e. The standard InChI is InChI=1S/C18H23N5O2/c1-11-4-7-16(21-20-11)22(3)15-6-5-13-8-23(9-14(13)15)18(24)17-12(2)19-10-25-17/h4,7,10,13-15H,5-6,8-9H2,1-3H3/t13-,14+,15-/m1/s1. The van der Waals surface area contributed by atoms with Crippen LogP contribution in [0.3, 0.4) is 0 Å². The second-order valence-corrected chi connectivity index (χ2v) is 7.19. The fourth-order valence-electron chi connectivity index (χ4n) is 4.28. The molecular formula is C18H23N5O2. The van der Waals surface area contributed by atoms with E-state index in [9.17, 15) is 4.79 Å². The van der Waals surface area contributed by atoms with E-state index >= 15 is 0 Å². The number of amides is 1. The summed E-state index contributed by atoms with van der Waals surface area (Å²) in [6.45, 7) is 5.31. The van der Waals surface area contributed by atoms with Crippen molar-refractivity contribution in [2.75, 3.05) is 25.0 Å². The molecule has 4 rings (SSSR count). The van der Waals surface area contributed by atoms with E-state index < -0.39 is 0 Å². The fourth-order valence-corrected chi connectivity index (χ4v) is 4.28. The van der Waals surface area contributed by atoms with Gasteiger partial charge in [0.15, 0.2) is 12.2 Å². The van der Waals surface area contributed by atoms with Crippen LogP contribution in [-0.2, 0) is 0 Å². The SMILES string of the molecule is Cc1ccc(N(C)[C@@H]2CC[C@@H]3CN(C(=O)c4ocnc4C)C[C@@H]32)nn1. The lowest BCUT2D eigenvalue weighted by Gasteiger charge is -2.30. The Hall–Kier alpha value is -2.44. The summed E-state index contributed by atoms with van der Waals surface area (Å²) >= 11 is 0. The third-order valence-electron chi connectivity index (χ3n) is 5.69. The molecule has 3 atom stereocenters. The Kier molecular flexibility index (Phi) is 3.94. The van der Waals surface area contributed by atoms with E-state index in [1.165, 1.54) is 6.39 Å². The molecule has 1 aliphatic heterocycles. The molecule has 1 saturated heterocycles. The Balaban J connectivity index is 1.49. The molecule has 25 heavy (non-hydrogen) atoms. The molecule has 0 N–H and O–H groups in total. The largest absolute Gasteiger partial charge is 0.438 e. The van der Waals surface area contributed by atoms with Gasteiger partial charge in [-0.1, -0.05) is 0 Å². The predicted molar refractivity (Wildman–Crippen MR) is 92.3 cm³/mol. The highest BCUT2D eigenvalue weighted by atomic mass is 16.3. The molecule has 1 aliphatic carbocycles. The van der Waals surface area contributed by atoms with E-state index in [0.717, 1.165) is 37.4 Å². The number of carbonyl (C=O) groups excluding carboxylic acids is 1. The van der Waals surface area contributed by atoms with Gasteiger partial charge in [0.05, 0.1) is 11.4 Å². The number of hydrogen-bond donors (Lipinski definition) is 0. The summed E-state index contributed by atoms with van der Waals surface area (Å²) < 4.78 is 5.28. The first-order valence-electron chi connectivity index (χ1n) is 8.77. The Morgan fingerprint density at radius 3 is 2.76 bits per heavy atom. The van der Waals surface area contributed by atoms with Gasteiger partial charge >= 0.3 is 0 Å². The summed E-state index contributed by atoms with van der Waals surface area (Å²) in [5.74, 6) is 2.22. The van der Waals surface area contributed by atoms with Crippen molar-refractivity contribution < 1.29 is 9.21 Å². The van der Waals surface area contributed by atoms with Gasteiger partial charge in [0, 0.05) is 32.1 Å². The van der Waals surface area contributed by atoms with Crippen molar-refractivity contribution in [3.63, 3.8) is 0 Å². The normalized spacial score (nSPS) is 25.2. The molecule has 7 nitrogen and oxygen atoms in total. The van der Waals surface area contributed by atoms with Gasteiger partial charge < -0.3 is 14.2 Å². The van der Waals surface area contributed by atoms with Crippen molar-refractivity contribution in [1.29, 1.82) is 0 Å². The number of hydrogen-bond acceptors (Lipinski definition) is 6. The maximum atomic E-state index is 12.7. The van der Waals surface area contributed by atoms with E-state index in [2.05, 4.69) is 27.1 Å². The molecule has 2 aromatic heterocycles. The molecule has 2 aliphatic rings. The third-order valence-corrected chi connectivity index (χ3v) is 5.69. The number of carbonyl (C=O) groups is 1. The van der Waals surface area contributed by atoms with Gasteiger partial charge in [-0.05, 0) is 44.7 Å². The highest BCUT2D eigenvalue weighted by molar-refractivity contribution is 5.92. The Morgan fingerprint density at radius 1 is 1.24 bits per heavy atom. The number of aromatic nitrogens is 3. The molecule has 3 heterocycles. The topological polar surface area (TPSA) is 75.4 Å². The first-order chi connectivity index (χ1) is 12.0. The number of aryl methyl sites for hydroxylation is 2. The smallest absolute Gasteiger partial charge is 0.291 e. The van der Waals surface area contributed by atoms with E-state index in [4.69, 9.17) is 4.42 Å². The van der Waals surface area contributed by atoms with Crippen LogP contribution in [0.4, 0.5) is 5.82 Å². The highest BCUT2D eigenvalue weighted by Crippen LogP contribution is 2.41. The van der Waals surface area contributed by atoms with Gasteiger partial charge in [0.25, 0.3) is 5.91 Å². The van der Waals surface area contributed by atoms with Gasteiger partial charge in [-0.15, -0.1) is 5.10 Å². The van der Waals surface area contributed by atoms with E-state index in [-0.39, 0.29) is 5.91 Å². The average Bonchev–Trinajstić information content (AvgIpc) is 3.29. The fraction of sp³-hybridized carbons (Fsp3) is 0.556. The monoisotopic (exact) mass is 341 g/mol. The van der Waals surface area contributed by atoms with Crippen LogP contribution in [0.15, 0.2) is 22.9 Å². The van der Waals surface area contributed by atoms with Gasteiger partial charge in [-0.3, -0.25) is 4.79 Å². The molecule has 0 spiro atoms. The molecule has 0 aromatic carbocycles. The summed E-state index contributed by atoms with van der Waals surface area (Å²) in [4.78, 5) is 20.9. The minimum atomic E-state index is -0.0408. The number of fused-ring (bicyclic) bond motifs is 1. The molecule has 0 bridgehead atoms. The Bertz CT molecular complexity index is 772. The Morgan fingerprint density at radius 2 is 2.08 bits per heavy atom. The minimum absolute atomic E-state index is 0.0408. The zero-order valence-electron chi connectivity index (χ0n) is 14.8. The van der Waals surface area contributed by atoms with Crippen LogP contribution in [0.5, 0.6) is 0 Å². The van der Waals surface area contributed by atoms with Crippen molar-refractivity contribution in [3.05, 3.63) is 35.7 Å². The predicted octanol–water partition coefficient (Wildman–Crippen LogP) is 2.07. The zero-order chi connectivity index (χ0) is 17.6. The van der Waals surface area contributed by atoms with Crippen molar-refractivity contribution in [3.8, 4) is 0 Å². The van der Waals surface area contributed by atoms with Gasteiger partial charge in [-0.25, -0.2) is 4.98 Å². The van der Waals surface area contributed by atoms with Gasteiger partial charge in [0.1, 0.15) is 0 Å². The van der Waals surface area contributed by atoms with Crippen molar-refractivity contribution in [2.45, 2.75) is 32.7 Å². The first-order valence-corrected chi connectivity index (χ1v) is 8.77. The summed E-state index contributed by atoms with van der Waals surface area (Å²) in [7, 11) is 2.08. The van der Waals surface area contributed by atoms with E-state index in [1.54, 1.807) is 6.92 Å². The lowest BCUT2D eigenvalue weighted by molar-refractivity contribution is 0.0746. The molecule has 7 heteroatoms. The second-order valence-electron chi connectivity index (χ2n) is 7.19. The number of oxazole rings is 1. The molecule has 2 aromatic rings. The third kappa shape index (κ3) is 2.77. The molecule has 132 valence electrons. The Labute approximate surface area is 147 Å². The maximum absolute atomic E-state index is 12.7. The van der Waals surface area contributed by atoms with Crippen molar-refractivity contribution in [1.82, 2.24) is 20.1 Å². The van der Waals surface area contributed by atoms with Crippen LogP contribution in [0.1, 0.15) is 34.8 Å². The van der Waals surface area contributed by atoms with Crippen LogP contribution >= 0.6 is 0 Å². The van der Waals surface area contributed by atoms with E-state index in [0.29, 0.717) is 29.3 Å². The average molecular weight is 341 g/mol. The van der Waals surface area contributed by atoms with Crippen LogP contribution in [-0.4, -0.2) is 52.2 Å². The number of nitrogens with zero attached hydrogens (tertiary/aromatic N) is 5. The lowest BCUT2D eigenvalue weighted by atomic mass is 9.97. The molecule has 0 unspecified atom stereocenters. The number of likely N-dealkylation sites (tertiary alicyclic amines) is 1. The summed E-state index contributed by atoms with van der Waals surface area (Å²) in [5.41, 5.74) is 1.58. The van der Waals surface area contributed by atoms with Crippen LogP contribution in [0.2, 0.25) is 0 Å². The highest BCUT2D eigenvalue weighted by Gasteiger charge is 2.46. The lowest BCUT2D eigenvalue weighted by Crippen LogP contribution is -2.39. The second kappa shape index (κ2) is 6.13. The first kappa shape index (κ1) is 16.1. The van der Waals surface area contributed by atoms with Crippen molar-refractivity contribution in [2.24, 2.45) is 11.8 Å². The molecule has 1 amide bonds. The van der Waals surface area contributed by atoms with E-state index in [1.807, 2.05) is 24.0 Å². The van der Waals surface area contributed by atoms with Crippen LogP contribution in [0.25, 0.3) is 0 Å². The summed E-state index contributed by atoms with van der Waals surface area (Å²) in [6.07, 6.45) is 3.61. The van der Waals surface area contributed by atoms with Crippen LogP contribution < -0.4 is 4.90 Å². The quantitative estimate of drug-likeness (QED) is 0.851. The van der Waals surface area contributed by atoms with Crippen molar-refractivity contribution >= 4 is 11.7 Å². The van der Waals surface area contributed by atoms with Gasteiger partial charge in [0.2, 0.25) is 5.76 Å². The molecule has 1 saturated carbocycles. The molecular weight excluding hydrogens is 318 g/mol. The summed E-state index contributed by atoms with van der Waals surface area (Å²) in [6, 6.07) is 4.39. The summed E-state index contributed by atoms with van der Waals surface area (Å²) in [5, 5.41) is 8.48.